The molecule has 2 aromatic heterocycles. The zero-order chi connectivity index (χ0) is 19.1. The van der Waals surface area contributed by atoms with E-state index in [0.29, 0.717) is 13.2 Å². The van der Waals surface area contributed by atoms with E-state index in [-0.39, 0.29) is 0 Å². The van der Waals surface area contributed by atoms with Crippen LogP contribution in [0.15, 0.2) is 65.1 Å². The van der Waals surface area contributed by atoms with Gasteiger partial charge < -0.3 is 14.8 Å². The summed E-state index contributed by atoms with van der Waals surface area (Å²) < 4.78 is 14.5. The third-order valence-electron chi connectivity index (χ3n) is 4.74. The van der Waals surface area contributed by atoms with Crippen LogP contribution in [0.1, 0.15) is 5.69 Å². The lowest BCUT2D eigenvalue weighted by atomic mass is 10.1. The fraction of sp³-hybridized carbons (Fsp3) is 0.136. The van der Waals surface area contributed by atoms with Crippen molar-refractivity contribution >= 4 is 33.1 Å². The number of nitrogens with one attached hydrogen (secondary N) is 1. The monoisotopic (exact) mass is 435 g/mol. The number of ether oxygens (including phenoxy) is 2. The second-order valence-electron chi connectivity index (χ2n) is 6.66. The van der Waals surface area contributed by atoms with Gasteiger partial charge in [-0.3, -0.25) is 4.40 Å². The summed E-state index contributed by atoms with van der Waals surface area (Å²) in [5.74, 6) is 2.45. The van der Waals surface area contributed by atoms with Crippen LogP contribution in [0.5, 0.6) is 11.5 Å². The van der Waals surface area contributed by atoms with Gasteiger partial charge in [-0.1, -0.05) is 34.1 Å². The van der Waals surface area contributed by atoms with Crippen molar-refractivity contribution in [2.45, 2.75) is 6.92 Å². The summed E-state index contributed by atoms with van der Waals surface area (Å²) in [6, 6.07) is 20.2. The fourth-order valence-electron chi connectivity index (χ4n) is 3.46. The molecule has 0 fully saturated rings. The number of pyridine rings is 1. The van der Waals surface area contributed by atoms with Crippen molar-refractivity contribution in [3.8, 4) is 22.8 Å². The average Bonchev–Trinajstić information content (AvgIpc) is 3.08. The number of hydrogen-bond acceptors (Lipinski definition) is 4. The van der Waals surface area contributed by atoms with Gasteiger partial charge in [0.05, 0.1) is 0 Å². The van der Waals surface area contributed by atoms with E-state index in [2.05, 4.69) is 50.8 Å². The number of aromatic nitrogens is 2. The van der Waals surface area contributed by atoms with Crippen molar-refractivity contribution in [3.63, 3.8) is 0 Å². The number of nitrogens with zero attached hydrogens (tertiary/aromatic N) is 2. The third kappa shape index (κ3) is 2.99. The van der Waals surface area contributed by atoms with Crippen molar-refractivity contribution in [3.05, 3.63) is 70.8 Å². The molecule has 1 N–H and O–H groups in total. The highest BCUT2D eigenvalue weighted by molar-refractivity contribution is 9.10. The number of aryl methyl sites for hydroxylation is 1. The number of anilines is 2. The number of hydrogen-bond donors (Lipinski definition) is 1. The Kier molecular flexibility index (Phi) is 4.20. The number of imidazole rings is 1. The Labute approximate surface area is 171 Å². The molecular formula is C22H18BrN3O2. The third-order valence-corrected chi connectivity index (χ3v) is 5.24. The van der Waals surface area contributed by atoms with E-state index in [0.717, 1.165) is 50.1 Å². The van der Waals surface area contributed by atoms with Gasteiger partial charge in [-0.25, -0.2) is 4.98 Å². The molecule has 0 saturated carbocycles. The molecule has 2 aromatic carbocycles. The molecule has 4 aromatic rings. The van der Waals surface area contributed by atoms with Crippen LogP contribution in [-0.2, 0) is 0 Å². The summed E-state index contributed by atoms with van der Waals surface area (Å²) in [5.41, 5.74) is 4.86. The van der Waals surface area contributed by atoms with Gasteiger partial charge in [-0.05, 0) is 43.3 Å². The molecule has 0 unspecified atom stereocenters. The molecule has 3 heterocycles. The Bertz CT molecular complexity index is 1190. The fourth-order valence-corrected chi connectivity index (χ4v) is 3.86. The number of rotatable bonds is 3. The normalized spacial score (nSPS) is 12.9. The molecule has 6 heteroatoms. The van der Waals surface area contributed by atoms with Gasteiger partial charge in [0.1, 0.15) is 30.4 Å². The van der Waals surface area contributed by atoms with E-state index >= 15 is 0 Å². The molecule has 0 atom stereocenters. The zero-order valence-electron chi connectivity index (χ0n) is 15.3. The maximum Gasteiger partial charge on any atom is 0.163 e. The Hall–Kier alpha value is -2.99. The number of fused-ring (bicyclic) bond motifs is 2. The second kappa shape index (κ2) is 6.87. The molecule has 0 amide bonds. The van der Waals surface area contributed by atoms with Crippen molar-refractivity contribution < 1.29 is 9.47 Å². The van der Waals surface area contributed by atoms with Gasteiger partial charge in [-0.15, -0.1) is 0 Å². The Morgan fingerprint density at radius 1 is 0.964 bits per heavy atom. The Morgan fingerprint density at radius 2 is 1.79 bits per heavy atom. The zero-order valence-corrected chi connectivity index (χ0v) is 16.9. The lowest BCUT2D eigenvalue weighted by Gasteiger charge is -2.19. The molecule has 0 spiro atoms. The average molecular weight is 436 g/mol. The summed E-state index contributed by atoms with van der Waals surface area (Å²) in [6.07, 6.45) is 0. The molecule has 1 aliphatic rings. The van der Waals surface area contributed by atoms with Crippen LogP contribution >= 0.6 is 15.9 Å². The van der Waals surface area contributed by atoms with Crippen LogP contribution in [-0.4, -0.2) is 22.6 Å². The summed E-state index contributed by atoms with van der Waals surface area (Å²) in [5, 5.41) is 3.55. The first-order valence-electron chi connectivity index (χ1n) is 9.10. The van der Waals surface area contributed by atoms with Gasteiger partial charge >= 0.3 is 0 Å². The maximum absolute atomic E-state index is 5.73. The highest BCUT2D eigenvalue weighted by Gasteiger charge is 2.18. The summed E-state index contributed by atoms with van der Waals surface area (Å²) in [6.45, 7) is 3.22. The van der Waals surface area contributed by atoms with Crippen LogP contribution in [0, 0.1) is 6.92 Å². The van der Waals surface area contributed by atoms with Crippen molar-refractivity contribution in [2.75, 3.05) is 18.5 Å². The number of halogens is 1. The summed E-state index contributed by atoms with van der Waals surface area (Å²) >= 11 is 3.56. The molecule has 28 heavy (non-hydrogen) atoms. The first-order valence-corrected chi connectivity index (χ1v) is 9.89. The minimum absolute atomic E-state index is 0.564. The molecular weight excluding hydrogens is 418 g/mol. The van der Waals surface area contributed by atoms with E-state index in [1.807, 2.05) is 42.5 Å². The van der Waals surface area contributed by atoms with Crippen LogP contribution in [0.2, 0.25) is 0 Å². The first kappa shape index (κ1) is 17.1. The van der Waals surface area contributed by atoms with Crippen LogP contribution < -0.4 is 14.8 Å². The van der Waals surface area contributed by atoms with Gasteiger partial charge in [0.2, 0.25) is 0 Å². The molecule has 5 rings (SSSR count). The van der Waals surface area contributed by atoms with Crippen LogP contribution in [0.3, 0.4) is 0 Å². The largest absolute Gasteiger partial charge is 0.486 e. The molecule has 140 valence electrons. The van der Waals surface area contributed by atoms with E-state index in [9.17, 15) is 0 Å². The van der Waals surface area contributed by atoms with Crippen molar-refractivity contribution in [1.29, 1.82) is 0 Å². The van der Waals surface area contributed by atoms with Crippen LogP contribution in [0.4, 0.5) is 11.5 Å². The highest BCUT2D eigenvalue weighted by atomic mass is 79.9. The lowest BCUT2D eigenvalue weighted by molar-refractivity contribution is 0.171. The molecule has 5 nitrogen and oxygen atoms in total. The quantitative estimate of drug-likeness (QED) is 0.455. The van der Waals surface area contributed by atoms with Gasteiger partial charge in [0.25, 0.3) is 0 Å². The SMILES string of the molecule is Cc1cccc2nc(-c3cccc(Br)c3)c(Nc3ccc4c(c3)OCCO4)n12. The van der Waals surface area contributed by atoms with E-state index in [1.165, 1.54) is 0 Å². The topological polar surface area (TPSA) is 47.8 Å². The summed E-state index contributed by atoms with van der Waals surface area (Å²) in [7, 11) is 0. The molecule has 1 aliphatic heterocycles. The van der Waals surface area contributed by atoms with Crippen molar-refractivity contribution in [1.82, 2.24) is 9.38 Å². The van der Waals surface area contributed by atoms with Gasteiger partial charge in [0, 0.05) is 27.5 Å². The molecule has 0 bridgehead atoms. The lowest BCUT2D eigenvalue weighted by Crippen LogP contribution is -2.15. The maximum atomic E-state index is 5.73. The standard InChI is InChI=1S/C22H18BrN3O2/c1-14-4-2-7-20-25-21(15-5-3-6-16(23)12-15)22(26(14)20)24-17-8-9-18-19(13-17)28-11-10-27-18/h2-9,12-13,24H,10-11H2,1H3. The van der Waals surface area contributed by atoms with E-state index in [1.54, 1.807) is 0 Å². The molecule has 0 radical (unpaired) electrons. The smallest absolute Gasteiger partial charge is 0.163 e. The van der Waals surface area contributed by atoms with Gasteiger partial charge in [-0.2, -0.15) is 0 Å². The Morgan fingerprint density at radius 3 is 2.64 bits per heavy atom. The first-order chi connectivity index (χ1) is 13.7. The second-order valence-corrected chi connectivity index (χ2v) is 7.58. The number of benzene rings is 2. The van der Waals surface area contributed by atoms with Crippen LogP contribution in [0.25, 0.3) is 16.9 Å². The highest BCUT2D eigenvalue weighted by Crippen LogP contribution is 2.37. The van der Waals surface area contributed by atoms with E-state index in [4.69, 9.17) is 14.5 Å². The molecule has 0 aliphatic carbocycles. The predicted molar refractivity (Wildman–Crippen MR) is 114 cm³/mol. The minimum Gasteiger partial charge on any atom is -0.486 e. The Balaban J connectivity index is 1.66. The summed E-state index contributed by atoms with van der Waals surface area (Å²) in [4.78, 5) is 4.89. The minimum atomic E-state index is 0.564. The predicted octanol–water partition coefficient (Wildman–Crippen LogP) is 5.59. The van der Waals surface area contributed by atoms with Crippen molar-refractivity contribution in [2.24, 2.45) is 0 Å². The molecule has 0 saturated heterocycles. The van der Waals surface area contributed by atoms with Gasteiger partial charge in [0.15, 0.2) is 11.5 Å². The van der Waals surface area contributed by atoms with E-state index < -0.39 is 0 Å².